The zero-order valence-electron chi connectivity index (χ0n) is 13.3. The quantitative estimate of drug-likeness (QED) is 0.884. The molecule has 7 nitrogen and oxygen atoms in total. The molecule has 130 valence electrons. The van der Waals surface area contributed by atoms with E-state index in [2.05, 4.69) is 14.1 Å². The van der Waals surface area contributed by atoms with Gasteiger partial charge in [-0.15, -0.1) is 0 Å². The van der Waals surface area contributed by atoms with Gasteiger partial charge >= 0.3 is 0 Å². The zero-order chi connectivity index (χ0) is 17.4. The van der Waals surface area contributed by atoms with E-state index < -0.39 is 0 Å². The SMILES string of the molecule is O=C(N[C@H]1CCCC[C@H]1N1C(=O)CSC1=O)c1ccc2nsnc2c1. The van der Waals surface area contributed by atoms with Crippen molar-refractivity contribution in [3.05, 3.63) is 23.8 Å². The smallest absolute Gasteiger partial charge is 0.289 e. The number of thioether (sulfide) groups is 1. The van der Waals surface area contributed by atoms with Gasteiger partial charge in [0.1, 0.15) is 11.0 Å². The van der Waals surface area contributed by atoms with Gasteiger partial charge < -0.3 is 5.32 Å². The highest BCUT2D eigenvalue weighted by Gasteiger charge is 2.41. The molecule has 1 saturated heterocycles. The number of carbonyl (C=O) groups excluding carboxylic acids is 3. The van der Waals surface area contributed by atoms with E-state index >= 15 is 0 Å². The van der Waals surface area contributed by atoms with Crippen molar-refractivity contribution in [1.29, 1.82) is 0 Å². The fraction of sp³-hybridized carbons (Fsp3) is 0.438. The number of imide groups is 1. The number of fused-ring (bicyclic) bond motifs is 1. The Kier molecular flexibility index (Phi) is 4.43. The highest BCUT2D eigenvalue weighted by Crippen LogP contribution is 2.30. The van der Waals surface area contributed by atoms with Gasteiger partial charge in [-0.3, -0.25) is 19.3 Å². The van der Waals surface area contributed by atoms with Crippen molar-refractivity contribution in [1.82, 2.24) is 19.0 Å². The molecule has 0 spiro atoms. The lowest BCUT2D eigenvalue weighted by Gasteiger charge is -2.36. The van der Waals surface area contributed by atoms with E-state index in [0.29, 0.717) is 11.1 Å². The van der Waals surface area contributed by atoms with Crippen molar-refractivity contribution in [2.75, 3.05) is 5.75 Å². The van der Waals surface area contributed by atoms with Crippen LogP contribution in [0.2, 0.25) is 0 Å². The van der Waals surface area contributed by atoms with Crippen LogP contribution >= 0.6 is 23.5 Å². The molecular formula is C16H16N4O3S2. The molecule has 4 rings (SSSR count). The van der Waals surface area contributed by atoms with Crippen molar-refractivity contribution in [2.24, 2.45) is 0 Å². The van der Waals surface area contributed by atoms with Gasteiger partial charge in [0.05, 0.1) is 29.6 Å². The van der Waals surface area contributed by atoms with Gasteiger partial charge in [-0.1, -0.05) is 24.6 Å². The van der Waals surface area contributed by atoms with E-state index in [1.807, 2.05) is 0 Å². The van der Waals surface area contributed by atoms with Crippen molar-refractivity contribution in [3.8, 4) is 0 Å². The van der Waals surface area contributed by atoms with E-state index in [9.17, 15) is 14.4 Å². The largest absolute Gasteiger partial charge is 0.347 e. The molecule has 0 unspecified atom stereocenters. The van der Waals surface area contributed by atoms with Crippen molar-refractivity contribution >= 4 is 51.6 Å². The predicted molar refractivity (Wildman–Crippen MR) is 95.6 cm³/mol. The van der Waals surface area contributed by atoms with Crippen LogP contribution in [0.15, 0.2) is 18.2 Å². The van der Waals surface area contributed by atoms with Crippen LogP contribution in [0, 0.1) is 0 Å². The third kappa shape index (κ3) is 3.13. The molecule has 2 aromatic rings. The number of hydrogen-bond acceptors (Lipinski definition) is 7. The van der Waals surface area contributed by atoms with Crippen LogP contribution in [-0.2, 0) is 4.79 Å². The van der Waals surface area contributed by atoms with Gasteiger partial charge in [-0.2, -0.15) is 8.75 Å². The highest BCUT2D eigenvalue weighted by molar-refractivity contribution is 8.14. The Labute approximate surface area is 152 Å². The minimum absolute atomic E-state index is 0.156. The number of aromatic nitrogens is 2. The molecule has 1 saturated carbocycles. The van der Waals surface area contributed by atoms with Gasteiger partial charge in [0.15, 0.2) is 0 Å². The maximum Gasteiger partial charge on any atom is 0.289 e. The first-order chi connectivity index (χ1) is 12.1. The molecule has 1 aromatic heterocycles. The van der Waals surface area contributed by atoms with E-state index in [1.165, 1.54) is 4.90 Å². The number of nitrogens with one attached hydrogen (secondary N) is 1. The van der Waals surface area contributed by atoms with Crippen molar-refractivity contribution < 1.29 is 14.4 Å². The Hall–Kier alpha value is -2.00. The molecule has 2 aliphatic rings. The van der Waals surface area contributed by atoms with E-state index in [4.69, 9.17) is 0 Å². The summed E-state index contributed by atoms with van der Waals surface area (Å²) in [7, 11) is 0. The number of rotatable bonds is 3. The molecule has 0 bridgehead atoms. The summed E-state index contributed by atoms with van der Waals surface area (Å²) in [5, 5.41) is 2.82. The summed E-state index contributed by atoms with van der Waals surface area (Å²) in [5.41, 5.74) is 1.97. The Morgan fingerprint density at radius 3 is 2.76 bits per heavy atom. The second kappa shape index (κ2) is 6.72. The molecule has 1 aliphatic heterocycles. The van der Waals surface area contributed by atoms with Gasteiger partial charge in [-0.25, -0.2) is 0 Å². The lowest BCUT2D eigenvalue weighted by Crippen LogP contribution is -2.54. The molecule has 1 aliphatic carbocycles. The van der Waals surface area contributed by atoms with Crippen LogP contribution < -0.4 is 5.32 Å². The second-order valence-corrected chi connectivity index (χ2v) is 7.67. The molecule has 2 atom stereocenters. The summed E-state index contributed by atoms with van der Waals surface area (Å²) in [6, 6.07) is 4.75. The molecule has 0 radical (unpaired) electrons. The lowest BCUT2D eigenvalue weighted by molar-refractivity contribution is -0.127. The monoisotopic (exact) mass is 376 g/mol. The van der Waals surface area contributed by atoms with Crippen LogP contribution in [0.5, 0.6) is 0 Å². The Bertz CT molecular complexity index is 837. The topological polar surface area (TPSA) is 92.3 Å². The average molecular weight is 376 g/mol. The fourth-order valence-electron chi connectivity index (χ4n) is 3.45. The Balaban J connectivity index is 1.53. The number of benzene rings is 1. The second-order valence-electron chi connectivity index (χ2n) is 6.22. The summed E-state index contributed by atoms with van der Waals surface area (Å²) < 4.78 is 8.29. The van der Waals surface area contributed by atoms with Gasteiger partial charge in [0, 0.05) is 5.56 Å². The molecule has 2 heterocycles. The molecule has 1 N–H and O–H groups in total. The highest BCUT2D eigenvalue weighted by atomic mass is 32.2. The van der Waals surface area contributed by atoms with Crippen LogP contribution in [0.25, 0.3) is 11.0 Å². The molecular weight excluding hydrogens is 360 g/mol. The summed E-state index contributed by atoms with van der Waals surface area (Å²) in [4.78, 5) is 38.1. The molecule has 2 fully saturated rings. The Morgan fingerprint density at radius 2 is 1.96 bits per heavy atom. The maximum absolute atomic E-state index is 12.7. The van der Waals surface area contributed by atoms with Crippen LogP contribution in [-0.4, -0.2) is 48.5 Å². The van der Waals surface area contributed by atoms with Crippen LogP contribution in [0.3, 0.4) is 0 Å². The first kappa shape index (κ1) is 16.5. The van der Waals surface area contributed by atoms with Gasteiger partial charge in [0.25, 0.3) is 11.1 Å². The standard InChI is InChI=1S/C16H16N4O3S2/c21-14-8-24-16(23)20(14)13-4-2-1-3-11(13)17-15(22)9-5-6-10-12(7-9)19-25-18-10/h5-7,11,13H,1-4,8H2,(H,17,22)/t11-,13+/m0/s1. The van der Waals surface area contributed by atoms with Gasteiger partial charge in [-0.05, 0) is 31.0 Å². The summed E-state index contributed by atoms with van der Waals surface area (Å²) in [6.07, 6.45) is 3.42. The van der Waals surface area contributed by atoms with Gasteiger partial charge in [0.2, 0.25) is 5.91 Å². The Morgan fingerprint density at radius 1 is 1.16 bits per heavy atom. The normalized spacial score (nSPS) is 24.1. The van der Waals surface area contributed by atoms with Crippen molar-refractivity contribution in [2.45, 2.75) is 37.8 Å². The number of carbonyl (C=O) groups is 3. The maximum atomic E-state index is 12.7. The third-order valence-electron chi connectivity index (χ3n) is 4.68. The first-order valence-corrected chi connectivity index (χ1v) is 9.87. The third-order valence-corrected chi connectivity index (χ3v) is 6.07. The average Bonchev–Trinajstić information content (AvgIpc) is 3.21. The van der Waals surface area contributed by atoms with E-state index in [1.54, 1.807) is 18.2 Å². The molecule has 3 amide bonds. The molecule has 1 aromatic carbocycles. The van der Waals surface area contributed by atoms with Crippen LogP contribution in [0.4, 0.5) is 4.79 Å². The number of nitrogens with zero attached hydrogens (tertiary/aromatic N) is 3. The zero-order valence-corrected chi connectivity index (χ0v) is 14.9. The summed E-state index contributed by atoms with van der Waals surface area (Å²) >= 11 is 2.15. The van der Waals surface area contributed by atoms with Crippen molar-refractivity contribution in [3.63, 3.8) is 0 Å². The molecule has 9 heteroatoms. The summed E-state index contributed by atoms with van der Waals surface area (Å²) in [5.74, 6) is -0.168. The number of amides is 3. The van der Waals surface area contributed by atoms with E-state index in [-0.39, 0.29) is 34.9 Å². The minimum atomic E-state index is -0.252. The minimum Gasteiger partial charge on any atom is -0.347 e. The first-order valence-electron chi connectivity index (χ1n) is 8.15. The fourth-order valence-corrected chi connectivity index (χ4v) is 4.73. The number of hydrogen-bond donors (Lipinski definition) is 1. The van der Waals surface area contributed by atoms with E-state index in [0.717, 1.165) is 54.7 Å². The van der Waals surface area contributed by atoms with Crippen LogP contribution in [0.1, 0.15) is 36.0 Å². The lowest BCUT2D eigenvalue weighted by atomic mass is 9.89. The summed E-state index contributed by atoms with van der Waals surface area (Å²) in [6.45, 7) is 0. The molecule has 25 heavy (non-hydrogen) atoms. The predicted octanol–water partition coefficient (Wildman–Crippen LogP) is 2.43.